The average Bonchev–Trinajstić information content (AvgIpc) is 2.40. The van der Waals surface area contributed by atoms with Crippen LogP contribution < -0.4 is 4.74 Å². The standard InChI is InChI=1S/C14H21NO2S/c1-3-17-13-7-5-4-6-11(13)14(16)12-10-18-9-8-15(12)2/h4-7,12,14,16H,3,8-10H2,1-2H3. The Bertz CT molecular complexity index is 386. The van der Waals surface area contributed by atoms with Crippen LogP contribution in [0.25, 0.3) is 0 Å². The predicted molar refractivity (Wildman–Crippen MR) is 76.3 cm³/mol. The highest BCUT2D eigenvalue weighted by Gasteiger charge is 2.29. The largest absolute Gasteiger partial charge is 0.493 e. The SMILES string of the molecule is CCOc1ccccc1C(O)C1CSCCN1C. The lowest BCUT2D eigenvalue weighted by Crippen LogP contribution is -2.43. The van der Waals surface area contributed by atoms with Crippen molar-refractivity contribution in [3.8, 4) is 5.75 Å². The third-order valence-corrected chi connectivity index (χ3v) is 4.39. The summed E-state index contributed by atoms with van der Waals surface area (Å²) >= 11 is 1.91. The molecule has 2 rings (SSSR count). The highest BCUT2D eigenvalue weighted by Crippen LogP contribution is 2.32. The van der Waals surface area contributed by atoms with Gasteiger partial charge in [-0.3, -0.25) is 4.90 Å². The molecule has 0 amide bonds. The minimum Gasteiger partial charge on any atom is -0.493 e. The molecule has 1 aromatic carbocycles. The monoisotopic (exact) mass is 267 g/mol. The van der Waals surface area contributed by atoms with Crippen LogP contribution in [0.15, 0.2) is 24.3 Å². The van der Waals surface area contributed by atoms with Crippen LogP contribution >= 0.6 is 11.8 Å². The Morgan fingerprint density at radius 1 is 1.50 bits per heavy atom. The summed E-state index contributed by atoms with van der Waals surface area (Å²) in [6, 6.07) is 7.96. The van der Waals surface area contributed by atoms with Gasteiger partial charge in [0.2, 0.25) is 0 Å². The summed E-state index contributed by atoms with van der Waals surface area (Å²) in [7, 11) is 2.08. The van der Waals surface area contributed by atoms with Crippen molar-refractivity contribution in [2.45, 2.75) is 19.1 Å². The van der Waals surface area contributed by atoms with Crippen molar-refractivity contribution in [2.75, 3.05) is 31.7 Å². The van der Waals surface area contributed by atoms with Crippen LogP contribution in [0.5, 0.6) is 5.75 Å². The Morgan fingerprint density at radius 3 is 3.00 bits per heavy atom. The Labute approximate surface area is 113 Å². The highest BCUT2D eigenvalue weighted by atomic mass is 32.2. The number of hydrogen-bond acceptors (Lipinski definition) is 4. The van der Waals surface area contributed by atoms with E-state index in [1.165, 1.54) is 0 Å². The molecule has 18 heavy (non-hydrogen) atoms. The number of rotatable bonds is 4. The van der Waals surface area contributed by atoms with E-state index < -0.39 is 6.10 Å². The molecule has 0 radical (unpaired) electrons. The molecule has 2 atom stereocenters. The molecular weight excluding hydrogens is 246 g/mol. The van der Waals surface area contributed by atoms with Crippen LogP contribution in [-0.4, -0.2) is 47.8 Å². The van der Waals surface area contributed by atoms with E-state index in [4.69, 9.17) is 4.74 Å². The molecule has 0 bridgehead atoms. The van der Waals surface area contributed by atoms with Crippen molar-refractivity contribution < 1.29 is 9.84 Å². The van der Waals surface area contributed by atoms with E-state index in [1.54, 1.807) is 0 Å². The second-order valence-electron chi connectivity index (χ2n) is 4.54. The Balaban J connectivity index is 2.19. The molecule has 100 valence electrons. The molecule has 1 aliphatic heterocycles. The Morgan fingerprint density at radius 2 is 2.28 bits per heavy atom. The van der Waals surface area contributed by atoms with Gasteiger partial charge < -0.3 is 9.84 Å². The van der Waals surface area contributed by atoms with E-state index in [9.17, 15) is 5.11 Å². The number of aliphatic hydroxyl groups excluding tert-OH is 1. The van der Waals surface area contributed by atoms with Gasteiger partial charge in [-0.2, -0.15) is 11.8 Å². The maximum Gasteiger partial charge on any atom is 0.125 e. The molecule has 2 unspecified atom stereocenters. The van der Waals surface area contributed by atoms with Gasteiger partial charge in [0.25, 0.3) is 0 Å². The summed E-state index contributed by atoms with van der Waals surface area (Å²) in [5.74, 6) is 2.92. The molecule has 1 heterocycles. The second-order valence-corrected chi connectivity index (χ2v) is 5.69. The second kappa shape index (κ2) is 6.45. The zero-order chi connectivity index (χ0) is 13.0. The number of likely N-dealkylation sites (N-methyl/N-ethyl adjacent to an activating group) is 1. The smallest absolute Gasteiger partial charge is 0.125 e. The van der Waals surface area contributed by atoms with Crippen LogP contribution in [0.1, 0.15) is 18.6 Å². The van der Waals surface area contributed by atoms with E-state index in [1.807, 2.05) is 43.0 Å². The fourth-order valence-corrected chi connectivity index (χ4v) is 3.52. The van der Waals surface area contributed by atoms with Gasteiger partial charge in [-0.25, -0.2) is 0 Å². The van der Waals surface area contributed by atoms with Gasteiger partial charge in [0.1, 0.15) is 5.75 Å². The Hall–Kier alpha value is -0.710. The van der Waals surface area contributed by atoms with E-state index in [-0.39, 0.29) is 6.04 Å². The van der Waals surface area contributed by atoms with Crippen LogP contribution in [0, 0.1) is 0 Å². The summed E-state index contributed by atoms with van der Waals surface area (Å²) in [5.41, 5.74) is 0.902. The minimum atomic E-state index is -0.481. The van der Waals surface area contributed by atoms with Gasteiger partial charge in [-0.1, -0.05) is 18.2 Å². The van der Waals surface area contributed by atoms with Crippen molar-refractivity contribution in [3.05, 3.63) is 29.8 Å². The maximum atomic E-state index is 10.6. The quantitative estimate of drug-likeness (QED) is 0.906. The zero-order valence-electron chi connectivity index (χ0n) is 11.0. The molecule has 1 fully saturated rings. The zero-order valence-corrected chi connectivity index (χ0v) is 11.8. The van der Waals surface area contributed by atoms with Gasteiger partial charge in [-0.15, -0.1) is 0 Å². The number of aliphatic hydroxyl groups is 1. The normalized spacial score (nSPS) is 22.7. The molecule has 1 aromatic rings. The lowest BCUT2D eigenvalue weighted by Gasteiger charge is -2.35. The molecule has 0 aliphatic carbocycles. The summed E-state index contributed by atoms with van der Waals surface area (Å²) in [5, 5.41) is 10.6. The number of ether oxygens (including phenoxy) is 1. The van der Waals surface area contributed by atoms with Gasteiger partial charge in [0.05, 0.1) is 12.7 Å². The first kappa shape index (κ1) is 13.7. The van der Waals surface area contributed by atoms with Crippen molar-refractivity contribution in [1.82, 2.24) is 4.90 Å². The van der Waals surface area contributed by atoms with E-state index in [0.717, 1.165) is 29.4 Å². The van der Waals surface area contributed by atoms with Gasteiger partial charge >= 0.3 is 0 Å². The third kappa shape index (κ3) is 2.99. The number of nitrogens with zero attached hydrogens (tertiary/aromatic N) is 1. The molecule has 1 saturated heterocycles. The molecule has 1 aliphatic rings. The van der Waals surface area contributed by atoms with E-state index >= 15 is 0 Å². The Kier molecular flexibility index (Phi) is 4.92. The molecule has 0 spiro atoms. The van der Waals surface area contributed by atoms with E-state index in [0.29, 0.717) is 6.61 Å². The summed E-state index contributed by atoms with van der Waals surface area (Å²) in [4.78, 5) is 2.24. The fraction of sp³-hybridized carbons (Fsp3) is 0.571. The van der Waals surface area contributed by atoms with Gasteiger partial charge in [-0.05, 0) is 20.0 Å². The summed E-state index contributed by atoms with van der Waals surface area (Å²) < 4.78 is 5.60. The average molecular weight is 267 g/mol. The first-order valence-electron chi connectivity index (χ1n) is 6.41. The first-order valence-corrected chi connectivity index (χ1v) is 7.57. The minimum absolute atomic E-state index is 0.172. The van der Waals surface area contributed by atoms with Crippen LogP contribution in [0.3, 0.4) is 0 Å². The van der Waals surface area contributed by atoms with Gasteiger partial charge in [0.15, 0.2) is 0 Å². The summed E-state index contributed by atoms with van der Waals surface area (Å²) in [6.45, 7) is 3.62. The first-order chi connectivity index (χ1) is 8.74. The molecule has 0 saturated carbocycles. The molecule has 0 aromatic heterocycles. The van der Waals surface area contributed by atoms with E-state index in [2.05, 4.69) is 11.9 Å². The van der Waals surface area contributed by atoms with Crippen molar-refractivity contribution in [1.29, 1.82) is 0 Å². The van der Waals surface area contributed by atoms with Crippen molar-refractivity contribution in [3.63, 3.8) is 0 Å². The number of benzene rings is 1. The predicted octanol–water partition coefficient (Wildman–Crippen LogP) is 2.17. The molecule has 4 heteroatoms. The molecular formula is C14H21NO2S. The third-order valence-electron chi connectivity index (χ3n) is 3.35. The van der Waals surface area contributed by atoms with Crippen molar-refractivity contribution in [2.24, 2.45) is 0 Å². The van der Waals surface area contributed by atoms with Crippen LogP contribution in [0.2, 0.25) is 0 Å². The van der Waals surface area contributed by atoms with Crippen LogP contribution in [-0.2, 0) is 0 Å². The highest BCUT2D eigenvalue weighted by molar-refractivity contribution is 7.99. The van der Waals surface area contributed by atoms with Gasteiger partial charge in [0, 0.05) is 29.7 Å². The van der Waals surface area contributed by atoms with Crippen molar-refractivity contribution >= 4 is 11.8 Å². The fourth-order valence-electron chi connectivity index (χ4n) is 2.26. The maximum absolute atomic E-state index is 10.6. The molecule has 3 nitrogen and oxygen atoms in total. The summed E-state index contributed by atoms with van der Waals surface area (Å²) in [6.07, 6.45) is -0.481. The van der Waals surface area contributed by atoms with Crippen LogP contribution in [0.4, 0.5) is 0 Å². The molecule has 1 N–H and O–H groups in total. The number of thioether (sulfide) groups is 1. The topological polar surface area (TPSA) is 32.7 Å². The lowest BCUT2D eigenvalue weighted by atomic mass is 10.0. The number of hydrogen-bond donors (Lipinski definition) is 1. The lowest BCUT2D eigenvalue weighted by molar-refractivity contribution is 0.0734. The number of para-hydroxylation sites is 1.